The number of carbonyl (C=O) groups is 1. The Hall–Kier alpha value is -4.04. The predicted molar refractivity (Wildman–Crippen MR) is 135 cm³/mol. The van der Waals surface area contributed by atoms with Crippen LogP contribution >= 0.6 is 12.2 Å². The average molecular weight is 469 g/mol. The van der Waals surface area contributed by atoms with E-state index in [1.165, 1.54) is 0 Å². The van der Waals surface area contributed by atoms with Crippen molar-refractivity contribution in [1.29, 1.82) is 0 Å². The summed E-state index contributed by atoms with van der Waals surface area (Å²) in [6.07, 6.45) is 5.60. The molecule has 0 saturated carbocycles. The first-order valence-electron chi connectivity index (χ1n) is 11.1. The van der Waals surface area contributed by atoms with Crippen LogP contribution in [0.2, 0.25) is 0 Å². The zero-order chi connectivity index (χ0) is 23.3. The first-order valence-corrected chi connectivity index (χ1v) is 11.5. The van der Waals surface area contributed by atoms with E-state index in [1.54, 1.807) is 12.4 Å². The third kappa shape index (κ3) is 4.67. The molecule has 0 unspecified atom stereocenters. The summed E-state index contributed by atoms with van der Waals surface area (Å²) in [5.74, 6) is -0.134. The van der Waals surface area contributed by atoms with Gasteiger partial charge in [-0.2, -0.15) is 0 Å². The minimum absolute atomic E-state index is 0.115. The van der Waals surface area contributed by atoms with Gasteiger partial charge in [-0.25, -0.2) is 0 Å². The van der Waals surface area contributed by atoms with E-state index in [4.69, 9.17) is 12.2 Å². The Morgan fingerprint density at radius 2 is 1.71 bits per heavy atom. The highest BCUT2D eigenvalue weighted by atomic mass is 32.1. The molecule has 2 atom stereocenters. The second-order valence-corrected chi connectivity index (χ2v) is 8.44. The van der Waals surface area contributed by atoms with Crippen LogP contribution < -0.4 is 10.6 Å². The van der Waals surface area contributed by atoms with Gasteiger partial charge in [0.05, 0.1) is 30.0 Å². The lowest BCUT2D eigenvalue weighted by atomic mass is 10.0. The predicted octanol–water partition coefficient (Wildman–Crippen LogP) is 3.94. The quantitative estimate of drug-likeness (QED) is 0.400. The number of pyridine rings is 2. The van der Waals surface area contributed by atoms with E-state index in [0.717, 1.165) is 22.8 Å². The van der Waals surface area contributed by atoms with Crippen molar-refractivity contribution in [3.05, 3.63) is 115 Å². The second-order valence-electron chi connectivity index (χ2n) is 8.05. The Morgan fingerprint density at radius 3 is 2.44 bits per heavy atom. The van der Waals surface area contributed by atoms with Crippen molar-refractivity contribution in [1.82, 2.24) is 24.8 Å². The van der Waals surface area contributed by atoms with Gasteiger partial charge < -0.3 is 20.1 Å². The molecule has 4 heterocycles. The number of nitrogens with one attached hydrogen (secondary N) is 2. The Labute approximate surface area is 203 Å². The number of hydrogen-bond acceptors (Lipinski definition) is 4. The molecule has 0 radical (unpaired) electrons. The van der Waals surface area contributed by atoms with E-state index < -0.39 is 0 Å². The number of para-hydroxylation sites is 1. The molecule has 4 aromatic rings. The van der Waals surface area contributed by atoms with Crippen molar-refractivity contribution in [2.75, 3.05) is 11.9 Å². The van der Waals surface area contributed by atoms with Gasteiger partial charge in [-0.05, 0) is 60.7 Å². The molecular weight excluding hydrogens is 444 g/mol. The first-order chi connectivity index (χ1) is 16.7. The van der Waals surface area contributed by atoms with Crippen LogP contribution in [0.3, 0.4) is 0 Å². The number of anilines is 1. The molecule has 2 N–H and O–H groups in total. The van der Waals surface area contributed by atoms with Gasteiger partial charge in [0.15, 0.2) is 5.11 Å². The summed E-state index contributed by atoms with van der Waals surface area (Å²) in [4.78, 5) is 24.0. The molecule has 0 bridgehead atoms. The smallest absolute Gasteiger partial charge is 0.244 e. The number of thiocarbonyl (C=S) groups is 1. The minimum atomic E-state index is -0.220. The molecule has 1 fully saturated rings. The molecular formula is C26H24N6OS. The fourth-order valence-electron chi connectivity index (χ4n) is 4.28. The van der Waals surface area contributed by atoms with Crippen LogP contribution in [0.5, 0.6) is 0 Å². The van der Waals surface area contributed by atoms with E-state index in [0.29, 0.717) is 11.7 Å². The Bertz CT molecular complexity index is 1260. The first kappa shape index (κ1) is 21.8. The van der Waals surface area contributed by atoms with Crippen LogP contribution in [-0.2, 0) is 11.3 Å². The van der Waals surface area contributed by atoms with Crippen LogP contribution in [0, 0.1) is 0 Å². The molecule has 8 heteroatoms. The maximum atomic E-state index is 13.0. The van der Waals surface area contributed by atoms with Crippen LogP contribution in [0.1, 0.15) is 29.2 Å². The summed E-state index contributed by atoms with van der Waals surface area (Å²) >= 11 is 5.71. The lowest BCUT2D eigenvalue weighted by Gasteiger charge is -2.28. The molecule has 5 rings (SSSR count). The van der Waals surface area contributed by atoms with E-state index >= 15 is 0 Å². The minimum Gasteiger partial charge on any atom is -0.352 e. The van der Waals surface area contributed by atoms with Gasteiger partial charge in [-0.3, -0.25) is 14.8 Å². The summed E-state index contributed by atoms with van der Waals surface area (Å²) in [7, 11) is 0. The number of aromatic nitrogens is 3. The molecule has 3 aromatic heterocycles. The van der Waals surface area contributed by atoms with Crippen molar-refractivity contribution in [2.24, 2.45) is 0 Å². The highest BCUT2D eigenvalue weighted by Crippen LogP contribution is 2.38. The molecule has 1 amide bonds. The molecule has 1 aliphatic rings. The van der Waals surface area contributed by atoms with Crippen LogP contribution in [0.15, 0.2) is 97.5 Å². The van der Waals surface area contributed by atoms with Crippen LogP contribution in [0.25, 0.3) is 0 Å². The third-order valence-electron chi connectivity index (χ3n) is 5.80. The lowest BCUT2D eigenvalue weighted by molar-refractivity contribution is -0.116. The molecule has 170 valence electrons. The largest absolute Gasteiger partial charge is 0.352 e. The normalized spacial score (nSPS) is 17.4. The number of benzene rings is 1. The summed E-state index contributed by atoms with van der Waals surface area (Å²) in [6, 6.07) is 24.8. The number of amides is 1. The number of hydrogen-bond donors (Lipinski definition) is 2. The van der Waals surface area contributed by atoms with Gasteiger partial charge in [-0.1, -0.05) is 30.3 Å². The van der Waals surface area contributed by atoms with Crippen molar-refractivity contribution >= 4 is 28.9 Å². The third-order valence-corrected chi connectivity index (χ3v) is 6.15. The van der Waals surface area contributed by atoms with E-state index in [1.807, 2.05) is 83.9 Å². The Kier molecular flexibility index (Phi) is 6.31. The molecule has 0 aliphatic carbocycles. The zero-order valence-electron chi connectivity index (χ0n) is 18.4. The summed E-state index contributed by atoms with van der Waals surface area (Å²) in [5.41, 5.74) is 3.60. The van der Waals surface area contributed by atoms with Gasteiger partial charge in [0.1, 0.15) is 6.54 Å². The highest BCUT2D eigenvalue weighted by molar-refractivity contribution is 7.80. The Balaban J connectivity index is 1.47. The molecule has 34 heavy (non-hydrogen) atoms. The lowest BCUT2D eigenvalue weighted by Crippen LogP contribution is -2.37. The molecule has 7 nitrogen and oxygen atoms in total. The molecule has 1 saturated heterocycles. The number of nitrogens with zero attached hydrogens (tertiary/aromatic N) is 4. The Morgan fingerprint density at radius 1 is 0.941 bits per heavy atom. The van der Waals surface area contributed by atoms with Crippen molar-refractivity contribution in [3.63, 3.8) is 0 Å². The molecule has 1 aliphatic heterocycles. The van der Waals surface area contributed by atoms with Crippen LogP contribution in [0.4, 0.5) is 5.69 Å². The average Bonchev–Trinajstić information content (AvgIpc) is 3.44. The molecule has 0 spiro atoms. The topological polar surface area (TPSA) is 75.1 Å². The van der Waals surface area contributed by atoms with E-state index in [9.17, 15) is 4.79 Å². The zero-order valence-corrected chi connectivity index (χ0v) is 19.2. The standard InChI is InChI=1S/C26H24N6OS/c33-23(29-19-9-2-1-3-10-19)18-32-25(24(30-26(32)34)21-12-5-7-15-28-21)22-13-8-16-31(22)17-20-11-4-6-14-27-20/h1-16,24-25H,17-18H2,(H,29,33)(H,30,34)/t24-,25-/m1/s1. The van der Waals surface area contributed by atoms with Crippen LogP contribution in [-0.4, -0.2) is 37.0 Å². The maximum absolute atomic E-state index is 13.0. The SMILES string of the molecule is O=C(CN1C(=S)N[C@H](c2ccccn2)[C@H]1c1cccn1Cc1ccccn1)Nc1ccccc1. The number of carbonyl (C=O) groups excluding carboxylic acids is 1. The van der Waals surface area contributed by atoms with Gasteiger partial charge in [0, 0.05) is 30.0 Å². The van der Waals surface area contributed by atoms with Gasteiger partial charge in [-0.15, -0.1) is 0 Å². The summed E-state index contributed by atoms with van der Waals surface area (Å²) in [5, 5.41) is 6.89. The van der Waals surface area contributed by atoms with E-state index in [-0.39, 0.29) is 24.5 Å². The highest BCUT2D eigenvalue weighted by Gasteiger charge is 2.41. The van der Waals surface area contributed by atoms with Crippen molar-refractivity contribution in [3.8, 4) is 0 Å². The fraction of sp³-hybridized carbons (Fsp3) is 0.154. The van der Waals surface area contributed by atoms with Crippen molar-refractivity contribution < 1.29 is 4.79 Å². The van der Waals surface area contributed by atoms with E-state index in [2.05, 4.69) is 31.2 Å². The second kappa shape index (κ2) is 9.84. The van der Waals surface area contributed by atoms with Gasteiger partial charge >= 0.3 is 0 Å². The molecule has 1 aromatic carbocycles. The maximum Gasteiger partial charge on any atom is 0.244 e. The van der Waals surface area contributed by atoms with Gasteiger partial charge in [0.2, 0.25) is 5.91 Å². The number of rotatable bonds is 7. The summed E-state index contributed by atoms with van der Waals surface area (Å²) < 4.78 is 2.15. The summed E-state index contributed by atoms with van der Waals surface area (Å²) in [6.45, 7) is 0.731. The van der Waals surface area contributed by atoms with Gasteiger partial charge in [0.25, 0.3) is 0 Å². The monoisotopic (exact) mass is 468 g/mol. The van der Waals surface area contributed by atoms with Crippen molar-refractivity contribution in [2.45, 2.75) is 18.6 Å². The fourth-order valence-corrected chi connectivity index (χ4v) is 4.59.